The molecule has 0 heterocycles. The van der Waals surface area contributed by atoms with Gasteiger partial charge in [0.1, 0.15) is 0 Å². The van der Waals surface area contributed by atoms with Crippen LogP contribution in [0.3, 0.4) is 0 Å². The minimum Gasteiger partial charge on any atom is -0.393 e. The minimum absolute atomic E-state index is 0.0775. The van der Waals surface area contributed by atoms with Gasteiger partial charge in [0.2, 0.25) is 0 Å². The maximum absolute atomic E-state index is 10.4. The van der Waals surface area contributed by atoms with Crippen LogP contribution >= 0.6 is 0 Å². The van der Waals surface area contributed by atoms with E-state index in [0.717, 1.165) is 5.69 Å². The van der Waals surface area contributed by atoms with E-state index in [2.05, 4.69) is 5.32 Å². The fourth-order valence-corrected chi connectivity index (χ4v) is 1.53. The van der Waals surface area contributed by atoms with Crippen molar-refractivity contribution in [2.45, 2.75) is 32.4 Å². The predicted octanol–water partition coefficient (Wildman–Crippen LogP) is 2.17. The van der Waals surface area contributed by atoms with Crippen LogP contribution in [0, 0.1) is 10.1 Å². The molecule has 1 aromatic carbocycles. The lowest BCUT2D eigenvalue weighted by Crippen LogP contribution is -2.20. The van der Waals surface area contributed by atoms with Crippen LogP contribution in [-0.4, -0.2) is 22.2 Å². The second-order valence-electron chi connectivity index (χ2n) is 3.93. The SMILES string of the molecule is CC(O)CC(C)Nc1ccc([N+](=O)[O-])cc1. The van der Waals surface area contributed by atoms with Gasteiger partial charge in [-0.2, -0.15) is 0 Å². The van der Waals surface area contributed by atoms with E-state index in [4.69, 9.17) is 0 Å². The molecule has 0 bridgehead atoms. The lowest BCUT2D eigenvalue weighted by Gasteiger charge is -2.16. The van der Waals surface area contributed by atoms with Crippen molar-refractivity contribution in [2.24, 2.45) is 0 Å². The molecule has 0 aliphatic heterocycles. The molecule has 0 radical (unpaired) electrons. The maximum atomic E-state index is 10.4. The average molecular weight is 224 g/mol. The molecule has 0 aromatic heterocycles. The van der Waals surface area contributed by atoms with E-state index >= 15 is 0 Å². The fourth-order valence-electron chi connectivity index (χ4n) is 1.53. The summed E-state index contributed by atoms with van der Waals surface area (Å²) in [5.41, 5.74) is 0.896. The molecule has 5 heteroatoms. The monoisotopic (exact) mass is 224 g/mol. The second kappa shape index (κ2) is 5.46. The summed E-state index contributed by atoms with van der Waals surface area (Å²) in [6.45, 7) is 3.68. The van der Waals surface area contributed by atoms with Gasteiger partial charge in [0.05, 0.1) is 11.0 Å². The summed E-state index contributed by atoms with van der Waals surface area (Å²) < 4.78 is 0. The van der Waals surface area contributed by atoms with Crippen molar-refractivity contribution in [1.82, 2.24) is 0 Å². The zero-order valence-corrected chi connectivity index (χ0v) is 9.38. The lowest BCUT2D eigenvalue weighted by atomic mass is 10.1. The number of hydrogen-bond donors (Lipinski definition) is 2. The maximum Gasteiger partial charge on any atom is 0.269 e. The normalized spacial score (nSPS) is 14.2. The van der Waals surface area contributed by atoms with E-state index in [1.54, 1.807) is 19.1 Å². The molecule has 0 saturated carbocycles. The molecule has 0 aliphatic carbocycles. The summed E-state index contributed by atoms with van der Waals surface area (Å²) in [5.74, 6) is 0. The molecule has 0 aliphatic rings. The van der Waals surface area contributed by atoms with Crippen LogP contribution in [0.5, 0.6) is 0 Å². The van der Waals surface area contributed by atoms with Gasteiger partial charge >= 0.3 is 0 Å². The first-order valence-corrected chi connectivity index (χ1v) is 5.18. The third kappa shape index (κ3) is 3.86. The molecule has 1 aromatic rings. The molecule has 0 spiro atoms. The fraction of sp³-hybridized carbons (Fsp3) is 0.455. The Hall–Kier alpha value is -1.62. The van der Waals surface area contributed by atoms with Gasteiger partial charge in [-0.1, -0.05) is 0 Å². The first-order valence-electron chi connectivity index (χ1n) is 5.18. The third-order valence-electron chi connectivity index (χ3n) is 2.19. The highest BCUT2D eigenvalue weighted by Gasteiger charge is 2.07. The van der Waals surface area contributed by atoms with Gasteiger partial charge in [0.25, 0.3) is 5.69 Å². The standard InChI is InChI=1S/C11H16N2O3/c1-8(7-9(2)14)12-10-3-5-11(6-4-10)13(15)16/h3-6,8-9,12,14H,7H2,1-2H3. The molecule has 2 N–H and O–H groups in total. The molecular formula is C11H16N2O3. The van der Waals surface area contributed by atoms with E-state index in [1.165, 1.54) is 12.1 Å². The molecular weight excluding hydrogens is 208 g/mol. The number of nitro benzene ring substituents is 1. The van der Waals surface area contributed by atoms with Gasteiger partial charge in [0, 0.05) is 23.9 Å². The van der Waals surface area contributed by atoms with Gasteiger partial charge in [0.15, 0.2) is 0 Å². The molecule has 0 fully saturated rings. The number of benzene rings is 1. The number of nitrogens with one attached hydrogen (secondary N) is 1. The lowest BCUT2D eigenvalue weighted by molar-refractivity contribution is -0.384. The van der Waals surface area contributed by atoms with E-state index < -0.39 is 4.92 Å². The average Bonchev–Trinajstić information content (AvgIpc) is 2.16. The molecule has 1 rings (SSSR count). The van der Waals surface area contributed by atoms with Gasteiger partial charge in [-0.3, -0.25) is 10.1 Å². The van der Waals surface area contributed by atoms with E-state index in [9.17, 15) is 15.2 Å². The molecule has 16 heavy (non-hydrogen) atoms. The topological polar surface area (TPSA) is 75.4 Å². The smallest absolute Gasteiger partial charge is 0.269 e. The second-order valence-corrected chi connectivity index (χ2v) is 3.93. The Balaban J connectivity index is 2.58. The summed E-state index contributed by atoms with van der Waals surface area (Å²) in [5, 5.41) is 22.8. The zero-order chi connectivity index (χ0) is 12.1. The van der Waals surface area contributed by atoms with Crippen molar-refractivity contribution >= 4 is 11.4 Å². The quantitative estimate of drug-likeness (QED) is 0.593. The van der Waals surface area contributed by atoms with Crippen molar-refractivity contribution in [2.75, 3.05) is 5.32 Å². The van der Waals surface area contributed by atoms with Crippen LogP contribution in [0.1, 0.15) is 20.3 Å². The first-order chi connectivity index (χ1) is 7.49. The summed E-state index contributed by atoms with van der Waals surface area (Å²) in [6.07, 6.45) is 0.275. The van der Waals surface area contributed by atoms with E-state index in [-0.39, 0.29) is 17.8 Å². The van der Waals surface area contributed by atoms with Crippen LogP contribution in [0.2, 0.25) is 0 Å². The molecule has 88 valence electrons. The van der Waals surface area contributed by atoms with Gasteiger partial charge < -0.3 is 10.4 Å². The van der Waals surface area contributed by atoms with Crippen molar-refractivity contribution in [3.8, 4) is 0 Å². The minimum atomic E-state index is -0.428. The van der Waals surface area contributed by atoms with Gasteiger partial charge in [-0.25, -0.2) is 0 Å². The number of hydrogen-bond acceptors (Lipinski definition) is 4. The van der Waals surface area contributed by atoms with Crippen molar-refractivity contribution < 1.29 is 10.0 Å². The Morgan fingerprint density at radius 1 is 1.38 bits per heavy atom. The highest BCUT2D eigenvalue weighted by atomic mass is 16.6. The molecule has 2 unspecified atom stereocenters. The van der Waals surface area contributed by atoms with Crippen LogP contribution in [0.25, 0.3) is 0 Å². The molecule has 2 atom stereocenters. The number of anilines is 1. The summed E-state index contributed by atoms with van der Waals surface area (Å²) >= 11 is 0. The van der Waals surface area contributed by atoms with Crippen molar-refractivity contribution in [3.05, 3.63) is 34.4 Å². The van der Waals surface area contributed by atoms with Crippen LogP contribution in [0.4, 0.5) is 11.4 Å². The summed E-state index contributed by atoms with van der Waals surface area (Å²) in [4.78, 5) is 10.0. The number of aliphatic hydroxyl groups is 1. The highest BCUT2D eigenvalue weighted by molar-refractivity contribution is 5.48. The van der Waals surface area contributed by atoms with Crippen LogP contribution in [-0.2, 0) is 0 Å². The van der Waals surface area contributed by atoms with Crippen molar-refractivity contribution in [3.63, 3.8) is 0 Å². The number of nitro groups is 1. The predicted molar refractivity (Wildman–Crippen MR) is 62.5 cm³/mol. The van der Waals surface area contributed by atoms with E-state index in [1.807, 2.05) is 6.92 Å². The van der Waals surface area contributed by atoms with Crippen molar-refractivity contribution in [1.29, 1.82) is 0 Å². The molecule has 5 nitrogen and oxygen atoms in total. The highest BCUT2D eigenvalue weighted by Crippen LogP contribution is 2.16. The largest absolute Gasteiger partial charge is 0.393 e. The summed E-state index contributed by atoms with van der Waals surface area (Å²) in [7, 11) is 0. The Morgan fingerprint density at radius 2 is 1.94 bits per heavy atom. The van der Waals surface area contributed by atoms with Crippen LogP contribution in [0.15, 0.2) is 24.3 Å². The molecule has 0 amide bonds. The van der Waals surface area contributed by atoms with Gasteiger partial charge in [-0.05, 0) is 32.4 Å². The van der Waals surface area contributed by atoms with Gasteiger partial charge in [-0.15, -0.1) is 0 Å². The number of nitrogens with zero attached hydrogens (tertiary/aromatic N) is 1. The summed E-state index contributed by atoms with van der Waals surface area (Å²) in [6, 6.07) is 6.36. The zero-order valence-electron chi connectivity index (χ0n) is 9.38. The Bertz CT molecular complexity index is 349. The number of non-ortho nitro benzene ring substituents is 1. The Morgan fingerprint density at radius 3 is 2.38 bits per heavy atom. The molecule has 0 saturated heterocycles. The Kier molecular flexibility index (Phi) is 4.25. The number of rotatable bonds is 5. The third-order valence-corrected chi connectivity index (χ3v) is 2.19. The Labute approximate surface area is 94.3 Å². The number of aliphatic hydroxyl groups excluding tert-OH is 1. The van der Waals surface area contributed by atoms with E-state index in [0.29, 0.717) is 6.42 Å². The van der Waals surface area contributed by atoms with Crippen LogP contribution < -0.4 is 5.32 Å². The first kappa shape index (κ1) is 12.4.